The number of nitrogens with one attached hydrogen (secondary N) is 1. The third kappa shape index (κ3) is 5.74. The number of hydrogen-bond donors (Lipinski definition) is 2. The van der Waals surface area contributed by atoms with Gasteiger partial charge < -0.3 is 10.4 Å². The average Bonchev–Trinajstić information content (AvgIpc) is 2.55. The van der Waals surface area contributed by atoms with Gasteiger partial charge >= 0.3 is 0 Å². The number of carbonyl (C=O) groups is 1. The van der Waals surface area contributed by atoms with Gasteiger partial charge in [-0.15, -0.1) is 11.8 Å². The average molecular weight is 281 g/mol. The summed E-state index contributed by atoms with van der Waals surface area (Å²) in [7, 11) is -2.86. The van der Waals surface area contributed by atoms with Gasteiger partial charge in [0.05, 0.1) is 17.3 Å². The van der Waals surface area contributed by atoms with E-state index in [-0.39, 0.29) is 41.1 Å². The molecule has 17 heavy (non-hydrogen) atoms. The summed E-state index contributed by atoms with van der Waals surface area (Å²) in [5, 5.41) is 11.5. The van der Waals surface area contributed by atoms with E-state index in [1.807, 2.05) is 6.92 Å². The molecular formula is C10H19NO4S2. The monoisotopic (exact) mass is 281 g/mol. The summed E-state index contributed by atoms with van der Waals surface area (Å²) in [5.74, 6) is 0.626. The number of amides is 1. The Morgan fingerprint density at radius 3 is 2.82 bits per heavy atom. The molecule has 0 aliphatic carbocycles. The molecule has 1 heterocycles. The van der Waals surface area contributed by atoms with Crippen molar-refractivity contribution in [2.75, 3.05) is 23.9 Å². The Kier molecular flexibility index (Phi) is 5.75. The van der Waals surface area contributed by atoms with Crippen molar-refractivity contribution < 1.29 is 18.3 Å². The first-order valence-electron chi connectivity index (χ1n) is 5.65. The van der Waals surface area contributed by atoms with Crippen LogP contribution in [0.5, 0.6) is 0 Å². The summed E-state index contributed by atoms with van der Waals surface area (Å²) < 4.78 is 22.4. The van der Waals surface area contributed by atoms with E-state index in [0.717, 1.165) is 0 Å². The minimum absolute atomic E-state index is 0.0413. The number of thioether (sulfide) groups is 1. The zero-order valence-electron chi connectivity index (χ0n) is 9.89. The Morgan fingerprint density at radius 2 is 2.29 bits per heavy atom. The molecule has 1 aliphatic heterocycles. The Morgan fingerprint density at radius 1 is 1.59 bits per heavy atom. The molecule has 0 radical (unpaired) electrons. The Labute approximate surface area is 106 Å². The quantitative estimate of drug-likeness (QED) is 0.704. The Hall–Kier alpha value is -0.270. The molecule has 1 amide bonds. The van der Waals surface area contributed by atoms with E-state index in [9.17, 15) is 13.2 Å². The molecule has 2 atom stereocenters. The van der Waals surface area contributed by atoms with Crippen molar-refractivity contribution in [3.63, 3.8) is 0 Å². The molecule has 1 aliphatic rings. The third-order valence-electron chi connectivity index (χ3n) is 2.61. The predicted molar refractivity (Wildman–Crippen MR) is 68.8 cm³/mol. The lowest BCUT2D eigenvalue weighted by Gasteiger charge is -2.13. The van der Waals surface area contributed by atoms with Crippen LogP contribution in [0.1, 0.15) is 19.8 Å². The first-order valence-corrected chi connectivity index (χ1v) is 8.52. The van der Waals surface area contributed by atoms with Crippen LogP contribution < -0.4 is 5.32 Å². The minimum atomic E-state index is -2.86. The fraction of sp³-hybridized carbons (Fsp3) is 0.900. The maximum Gasteiger partial charge on any atom is 0.230 e. The normalized spacial score (nSPS) is 24.5. The highest BCUT2D eigenvalue weighted by molar-refractivity contribution is 8.02. The molecule has 100 valence electrons. The van der Waals surface area contributed by atoms with Gasteiger partial charge in [0.25, 0.3) is 0 Å². The smallest absolute Gasteiger partial charge is 0.230 e. The number of carbonyl (C=O) groups excluding carboxylic acids is 1. The lowest BCUT2D eigenvalue weighted by atomic mass is 10.2. The lowest BCUT2D eigenvalue weighted by Crippen LogP contribution is -2.34. The fourth-order valence-electron chi connectivity index (χ4n) is 1.67. The highest BCUT2D eigenvalue weighted by Gasteiger charge is 2.28. The van der Waals surface area contributed by atoms with Crippen molar-refractivity contribution in [2.24, 2.45) is 0 Å². The van der Waals surface area contributed by atoms with Crippen molar-refractivity contribution >= 4 is 27.5 Å². The molecule has 0 aromatic carbocycles. The second-order valence-corrected chi connectivity index (χ2v) is 7.83. The Bertz CT molecular complexity index is 355. The van der Waals surface area contributed by atoms with Crippen LogP contribution in [0.4, 0.5) is 0 Å². The van der Waals surface area contributed by atoms with E-state index >= 15 is 0 Å². The van der Waals surface area contributed by atoms with Gasteiger partial charge in [0.2, 0.25) is 5.91 Å². The molecule has 1 saturated heterocycles. The van der Waals surface area contributed by atoms with Crippen LogP contribution in [0.3, 0.4) is 0 Å². The summed E-state index contributed by atoms with van der Waals surface area (Å²) in [5.41, 5.74) is 0. The largest absolute Gasteiger partial charge is 0.396 e. The van der Waals surface area contributed by atoms with Crippen molar-refractivity contribution in [3.8, 4) is 0 Å². The first kappa shape index (κ1) is 14.8. The van der Waals surface area contributed by atoms with Crippen LogP contribution in [0, 0.1) is 0 Å². The minimum Gasteiger partial charge on any atom is -0.396 e. The maximum atomic E-state index is 11.5. The molecule has 0 bridgehead atoms. The molecular weight excluding hydrogens is 262 g/mol. The van der Waals surface area contributed by atoms with E-state index < -0.39 is 9.84 Å². The van der Waals surface area contributed by atoms with Gasteiger partial charge in [-0.05, 0) is 19.8 Å². The van der Waals surface area contributed by atoms with E-state index in [1.54, 1.807) is 0 Å². The van der Waals surface area contributed by atoms with E-state index in [2.05, 4.69) is 5.32 Å². The van der Waals surface area contributed by atoms with Crippen molar-refractivity contribution in [1.82, 2.24) is 5.32 Å². The third-order valence-corrected chi connectivity index (χ3v) is 5.89. The molecule has 1 rings (SSSR count). The number of rotatable bonds is 6. The van der Waals surface area contributed by atoms with Gasteiger partial charge in [-0.25, -0.2) is 8.42 Å². The molecule has 0 spiro atoms. The topological polar surface area (TPSA) is 83.5 Å². The van der Waals surface area contributed by atoms with Crippen LogP contribution in [0.2, 0.25) is 0 Å². The maximum absolute atomic E-state index is 11.5. The summed E-state index contributed by atoms with van der Waals surface area (Å²) in [6.07, 6.45) is 1.18. The molecule has 2 N–H and O–H groups in total. The van der Waals surface area contributed by atoms with Crippen LogP contribution in [-0.2, 0) is 14.6 Å². The number of aliphatic hydroxyl groups is 1. The fourth-order valence-corrected chi connectivity index (χ4v) is 5.12. The molecule has 0 aromatic heterocycles. The van der Waals surface area contributed by atoms with Crippen molar-refractivity contribution in [1.29, 1.82) is 0 Å². The van der Waals surface area contributed by atoms with E-state index in [0.29, 0.717) is 12.8 Å². The Balaban J connectivity index is 2.20. The molecule has 0 saturated carbocycles. The van der Waals surface area contributed by atoms with Crippen molar-refractivity contribution in [3.05, 3.63) is 0 Å². The first-order chi connectivity index (χ1) is 7.93. The second-order valence-electron chi connectivity index (χ2n) is 4.32. The highest BCUT2D eigenvalue weighted by Crippen LogP contribution is 2.23. The zero-order chi connectivity index (χ0) is 12.9. The number of hydrogen-bond acceptors (Lipinski definition) is 5. The lowest BCUT2D eigenvalue weighted by molar-refractivity contribution is -0.119. The number of aliphatic hydroxyl groups excluding tert-OH is 1. The summed E-state index contributed by atoms with van der Waals surface area (Å²) in [4.78, 5) is 11.5. The molecule has 0 aromatic rings. The van der Waals surface area contributed by atoms with Crippen LogP contribution in [0.15, 0.2) is 0 Å². The van der Waals surface area contributed by atoms with Gasteiger partial charge in [-0.3, -0.25) is 4.79 Å². The van der Waals surface area contributed by atoms with Crippen LogP contribution in [0.25, 0.3) is 0 Å². The predicted octanol–water partition coefficient (Wildman–Crippen LogP) is -0.206. The van der Waals surface area contributed by atoms with Gasteiger partial charge in [0.15, 0.2) is 9.84 Å². The van der Waals surface area contributed by atoms with Crippen LogP contribution >= 0.6 is 11.8 Å². The van der Waals surface area contributed by atoms with Crippen molar-refractivity contribution in [2.45, 2.75) is 31.1 Å². The number of sulfone groups is 1. The van der Waals surface area contributed by atoms with Gasteiger partial charge in [0.1, 0.15) is 0 Å². The summed E-state index contributed by atoms with van der Waals surface area (Å²) in [6.45, 7) is 1.88. The summed E-state index contributed by atoms with van der Waals surface area (Å²) >= 11 is 1.40. The molecule has 7 heteroatoms. The molecule has 5 nitrogen and oxygen atoms in total. The summed E-state index contributed by atoms with van der Waals surface area (Å²) in [6, 6.07) is -0.0413. The standard InChI is InChI=1S/C10H19NO4S2/c1-8(2-4-12)11-10(13)6-16-9-3-5-17(14,15)7-9/h8-9,12H,2-7H2,1H3,(H,11,13). The van der Waals surface area contributed by atoms with E-state index in [1.165, 1.54) is 11.8 Å². The van der Waals surface area contributed by atoms with Crippen LogP contribution in [-0.4, -0.2) is 54.6 Å². The van der Waals surface area contributed by atoms with Gasteiger partial charge in [-0.1, -0.05) is 0 Å². The molecule has 2 unspecified atom stereocenters. The zero-order valence-corrected chi connectivity index (χ0v) is 11.5. The van der Waals surface area contributed by atoms with Gasteiger partial charge in [0, 0.05) is 17.9 Å². The second kappa shape index (κ2) is 6.61. The highest BCUT2D eigenvalue weighted by atomic mass is 32.2. The van der Waals surface area contributed by atoms with Gasteiger partial charge in [-0.2, -0.15) is 0 Å². The SMILES string of the molecule is CC(CCO)NC(=O)CSC1CCS(=O)(=O)C1. The molecule has 1 fully saturated rings. The van der Waals surface area contributed by atoms with E-state index in [4.69, 9.17) is 5.11 Å².